The SMILES string of the molecule is COc1cc(OC)c2c(=O)c(C)c(CO[Si](C)(C)C(C)(C)C)oc2c1OCC(C)COCc1ccccc1. The van der Waals surface area contributed by atoms with Crippen molar-refractivity contribution in [3.05, 3.63) is 63.5 Å². The van der Waals surface area contributed by atoms with E-state index in [1.54, 1.807) is 20.1 Å². The summed E-state index contributed by atoms with van der Waals surface area (Å²) in [5.41, 5.74) is 1.73. The minimum atomic E-state index is -2.07. The molecule has 2 aromatic carbocycles. The zero-order chi connectivity index (χ0) is 28.1. The van der Waals surface area contributed by atoms with Gasteiger partial charge < -0.3 is 27.8 Å². The van der Waals surface area contributed by atoms with E-state index in [0.29, 0.717) is 59.4 Å². The normalized spacial score (nSPS) is 13.0. The molecule has 0 amide bonds. The van der Waals surface area contributed by atoms with Crippen LogP contribution in [0.1, 0.15) is 44.6 Å². The molecule has 0 spiro atoms. The van der Waals surface area contributed by atoms with E-state index in [4.69, 9.17) is 27.8 Å². The third kappa shape index (κ3) is 6.78. The van der Waals surface area contributed by atoms with Crippen molar-refractivity contribution in [2.75, 3.05) is 27.4 Å². The van der Waals surface area contributed by atoms with Crippen molar-refractivity contribution in [2.45, 2.75) is 66.0 Å². The summed E-state index contributed by atoms with van der Waals surface area (Å²) < 4.78 is 36.0. The van der Waals surface area contributed by atoms with Crippen molar-refractivity contribution in [3.63, 3.8) is 0 Å². The molecule has 0 saturated carbocycles. The monoisotopic (exact) mass is 542 g/mol. The van der Waals surface area contributed by atoms with E-state index in [9.17, 15) is 4.79 Å². The Bertz CT molecular complexity index is 1280. The Labute approximate surface area is 227 Å². The Morgan fingerprint density at radius 2 is 1.63 bits per heavy atom. The minimum Gasteiger partial charge on any atom is -0.496 e. The van der Waals surface area contributed by atoms with Gasteiger partial charge in [0.15, 0.2) is 25.1 Å². The third-order valence-corrected chi connectivity index (χ3v) is 11.7. The largest absolute Gasteiger partial charge is 0.496 e. The first-order chi connectivity index (χ1) is 17.9. The van der Waals surface area contributed by atoms with Crippen LogP contribution in [-0.4, -0.2) is 35.8 Å². The molecular formula is C30H42O7Si. The molecule has 3 rings (SSSR count). The summed E-state index contributed by atoms with van der Waals surface area (Å²) in [6.07, 6.45) is 0. The fraction of sp³-hybridized carbons (Fsp3) is 0.500. The molecule has 0 saturated heterocycles. The third-order valence-electron chi connectivity index (χ3n) is 7.21. The van der Waals surface area contributed by atoms with Gasteiger partial charge in [-0.05, 0) is 30.6 Å². The van der Waals surface area contributed by atoms with Crippen LogP contribution < -0.4 is 19.6 Å². The van der Waals surface area contributed by atoms with Crippen LogP contribution in [0.15, 0.2) is 45.6 Å². The molecule has 1 heterocycles. The van der Waals surface area contributed by atoms with E-state index in [-0.39, 0.29) is 23.0 Å². The molecule has 1 aromatic heterocycles. The Kier molecular flexibility index (Phi) is 9.68. The summed E-state index contributed by atoms with van der Waals surface area (Å²) >= 11 is 0. The Balaban J connectivity index is 1.90. The average Bonchev–Trinajstić information content (AvgIpc) is 2.88. The predicted octanol–water partition coefficient (Wildman–Crippen LogP) is 6.87. The maximum atomic E-state index is 13.5. The van der Waals surface area contributed by atoms with Crippen LogP contribution in [0.2, 0.25) is 18.1 Å². The first-order valence-corrected chi connectivity index (χ1v) is 15.9. The van der Waals surface area contributed by atoms with Crippen molar-refractivity contribution in [2.24, 2.45) is 5.92 Å². The number of ether oxygens (including phenoxy) is 4. The Morgan fingerprint density at radius 3 is 2.24 bits per heavy atom. The predicted molar refractivity (Wildman–Crippen MR) is 153 cm³/mol. The smallest absolute Gasteiger partial charge is 0.205 e. The first-order valence-electron chi connectivity index (χ1n) is 13.0. The molecule has 0 aliphatic carbocycles. The van der Waals surface area contributed by atoms with Crippen molar-refractivity contribution < 1.29 is 27.8 Å². The van der Waals surface area contributed by atoms with E-state index in [1.165, 1.54) is 7.11 Å². The molecule has 0 radical (unpaired) electrons. The lowest BCUT2D eigenvalue weighted by molar-refractivity contribution is 0.0737. The summed E-state index contributed by atoms with van der Waals surface area (Å²) in [5, 5.41) is 0.349. The fourth-order valence-electron chi connectivity index (χ4n) is 3.70. The van der Waals surface area contributed by atoms with Gasteiger partial charge in [0.1, 0.15) is 16.9 Å². The van der Waals surface area contributed by atoms with Crippen LogP contribution in [0.25, 0.3) is 11.0 Å². The molecule has 0 bridgehead atoms. The molecule has 3 aromatic rings. The standard InChI is InChI=1S/C30H42O7Si/c1-20(16-34-18-22-13-11-10-12-14-22)17-35-28-24(33-7)15-23(32-6)26-27(31)21(2)25(37-29(26)28)19-36-38(8,9)30(3,4)5/h10-15,20H,16-19H2,1-9H3. The highest BCUT2D eigenvalue weighted by atomic mass is 28.4. The van der Waals surface area contributed by atoms with Crippen LogP contribution in [0, 0.1) is 12.8 Å². The van der Waals surface area contributed by atoms with E-state index in [1.807, 2.05) is 37.3 Å². The lowest BCUT2D eigenvalue weighted by atomic mass is 10.1. The number of benzene rings is 2. The van der Waals surface area contributed by atoms with Crippen LogP contribution in [-0.2, 0) is 22.4 Å². The second kappa shape index (κ2) is 12.4. The molecule has 7 nitrogen and oxygen atoms in total. The highest BCUT2D eigenvalue weighted by Crippen LogP contribution is 2.42. The van der Waals surface area contributed by atoms with Gasteiger partial charge in [-0.3, -0.25) is 4.79 Å². The van der Waals surface area contributed by atoms with Crippen molar-refractivity contribution in [1.82, 2.24) is 0 Å². The van der Waals surface area contributed by atoms with Crippen LogP contribution >= 0.6 is 0 Å². The van der Waals surface area contributed by atoms with Gasteiger partial charge in [-0.1, -0.05) is 58.0 Å². The number of hydrogen-bond donors (Lipinski definition) is 0. The van der Waals surface area contributed by atoms with Gasteiger partial charge in [-0.25, -0.2) is 0 Å². The zero-order valence-corrected chi connectivity index (χ0v) is 25.2. The van der Waals surface area contributed by atoms with Crippen molar-refractivity contribution in [3.8, 4) is 17.2 Å². The van der Waals surface area contributed by atoms with Gasteiger partial charge in [0, 0.05) is 17.5 Å². The molecular weight excluding hydrogens is 500 g/mol. The van der Waals surface area contributed by atoms with Gasteiger partial charge in [0.25, 0.3) is 0 Å². The summed E-state index contributed by atoms with van der Waals surface area (Å²) in [7, 11) is 0.998. The number of hydrogen-bond acceptors (Lipinski definition) is 7. The van der Waals surface area contributed by atoms with E-state index < -0.39 is 8.32 Å². The van der Waals surface area contributed by atoms with Gasteiger partial charge in [-0.2, -0.15) is 0 Å². The summed E-state index contributed by atoms with van der Waals surface area (Å²) in [4.78, 5) is 13.5. The van der Waals surface area contributed by atoms with Crippen LogP contribution in [0.5, 0.6) is 17.2 Å². The second-order valence-electron chi connectivity index (χ2n) is 11.3. The van der Waals surface area contributed by atoms with Crippen LogP contribution in [0.3, 0.4) is 0 Å². The van der Waals surface area contributed by atoms with E-state index in [2.05, 4.69) is 33.9 Å². The highest BCUT2D eigenvalue weighted by Gasteiger charge is 2.37. The summed E-state index contributed by atoms with van der Waals surface area (Å²) in [5.74, 6) is 1.72. The minimum absolute atomic E-state index is 0.0253. The lowest BCUT2D eigenvalue weighted by Gasteiger charge is -2.36. The maximum absolute atomic E-state index is 13.5. The topological polar surface area (TPSA) is 76.4 Å². The number of methoxy groups -OCH3 is 2. The molecule has 0 N–H and O–H groups in total. The van der Waals surface area contributed by atoms with E-state index in [0.717, 1.165) is 5.56 Å². The molecule has 8 heteroatoms. The maximum Gasteiger partial charge on any atom is 0.205 e. The Hall–Kier alpha value is -2.81. The first kappa shape index (κ1) is 29.7. The molecule has 208 valence electrons. The molecule has 0 aliphatic heterocycles. The average molecular weight is 543 g/mol. The lowest BCUT2D eigenvalue weighted by Crippen LogP contribution is -2.40. The second-order valence-corrected chi connectivity index (χ2v) is 16.1. The molecule has 1 atom stereocenters. The van der Waals surface area contributed by atoms with Crippen molar-refractivity contribution >= 4 is 19.3 Å². The van der Waals surface area contributed by atoms with Crippen molar-refractivity contribution in [1.29, 1.82) is 0 Å². The van der Waals surface area contributed by atoms with Crippen LogP contribution in [0.4, 0.5) is 0 Å². The van der Waals surface area contributed by atoms with E-state index >= 15 is 0 Å². The highest BCUT2D eigenvalue weighted by molar-refractivity contribution is 6.74. The van der Waals surface area contributed by atoms with Gasteiger partial charge in [-0.15, -0.1) is 0 Å². The quantitative estimate of drug-likeness (QED) is 0.231. The van der Waals surface area contributed by atoms with Gasteiger partial charge in [0.05, 0.1) is 40.6 Å². The molecule has 0 fully saturated rings. The number of rotatable bonds is 12. The fourth-order valence-corrected chi connectivity index (χ4v) is 4.62. The van der Waals surface area contributed by atoms with Gasteiger partial charge >= 0.3 is 0 Å². The number of fused-ring (bicyclic) bond motifs is 1. The van der Waals surface area contributed by atoms with Gasteiger partial charge in [0.2, 0.25) is 5.75 Å². The zero-order valence-electron chi connectivity index (χ0n) is 24.2. The Morgan fingerprint density at radius 1 is 0.974 bits per heavy atom. The molecule has 1 unspecified atom stereocenters. The summed E-state index contributed by atoms with van der Waals surface area (Å²) in [6, 6.07) is 11.7. The molecule has 38 heavy (non-hydrogen) atoms. The molecule has 0 aliphatic rings. The summed E-state index contributed by atoms with van der Waals surface area (Å²) in [6.45, 7) is 16.3.